The number of allylic oxidation sites excluding steroid dienone is 5. The van der Waals surface area contributed by atoms with Gasteiger partial charge < -0.3 is 4.55 Å². The van der Waals surface area contributed by atoms with E-state index in [0.717, 1.165) is 11.4 Å². The van der Waals surface area contributed by atoms with Crippen LogP contribution < -0.4 is 0 Å². The highest BCUT2D eigenvalue weighted by atomic mass is 32.2. The summed E-state index contributed by atoms with van der Waals surface area (Å²) in [5, 5.41) is 0.561. The third-order valence-electron chi connectivity index (χ3n) is 2.46. The van der Waals surface area contributed by atoms with Crippen molar-refractivity contribution in [2.45, 2.75) is 0 Å². The molecule has 0 aliphatic carbocycles. The lowest BCUT2D eigenvalue weighted by molar-refractivity contribution is 0.602. The van der Waals surface area contributed by atoms with E-state index in [4.69, 9.17) is 0 Å². The van der Waals surface area contributed by atoms with Crippen LogP contribution in [0.25, 0.3) is 0 Å². The number of rotatable bonds is 1. The molecule has 3 aliphatic heterocycles. The lowest BCUT2D eigenvalue weighted by Gasteiger charge is -2.31. The van der Waals surface area contributed by atoms with Gasteiger partial charge in [0.25, 0.3) is 0 Å². The van der Waals surface area contributed by atoms with Crippen molar-refractivity contribution in [3.8, 4) is 0 Å². The molecule has 3 aliphatic rings. The Morgan fingerprint density at radius 2 is 2.19 bits per heavy atom. The Morgan fingerprint density at radius 3 is 3.00 bits per heavy atom. The first kappa shape index (κ1) is 9.62. The minimum atomic E-state index is -1.09. The molecule has 80 valence electrons. The smallest absolute Gasteiger partial charge is 0.249 e. The topological polar surface area (TPSA) is 51.0 Å². The monoisotopic (exact) mass is 231 g/mol. The summed E-state index contributed by atoms with van der Waals surface area (Å²) >= 11 is -1.09. The molecule has 0 fully saturated rings. The fraction of sp³-hybridized carbons (Fsp3) is 0.0909. The maximum absolute atomic E-state index is 11.4. The van der Waals surface area contributed by atoms with Crippen molar-refractivity contribution in [1.29, 1.82) is 0 Å². The van der Waals surface area contributed by atoms with Crippen molar-refractivity contribution < 1.29 is 4.55 Å². The Labute approximate surface area is 96.3 Å². The number of aliphatic imine (C=N–C) groups is 2. The first-order valence-corrected chi connectivity index (χ1v) is 6.38. The van der Waals surface area contributed by atoms with Gasteiger partial charge in [-0.05, 0) is 18.2 Å². The van der Waals surface area contributed by atoms with Gasteiger partial charge in [-0.2, -0.15) is 4.99 Å². The summed E-state index contributed by atoms with van der Waals surface area (Å²) in [6.45, 7) is 0. The van der Waals surface area contributed by atoms with Crippen LogP contribution in [0.4, 0.5) is 0 Å². The molecule has 0 amide bonds. The minimum absolute atomic E-state index is 0.561. The summed E-state index contributed by atoms with van der Waals surface area (Å²) in [6, 6.07) is 0. The molecule has 1 unspecified atom stereocenters. The molecule has 0 saturated heterocycles. The lowest BCUT2D eigenvalue weighted by atomic mass is 10.1. The van der Waals surface area contributed by atoms with Crippen LogP contribution >= 0.6 is 0 Å². The van der Waals surface area contributed by atoms with Crippen LogP contribution in [-0.2, 0) is 11.2 Å². The second-order valence-corrected chi connectivity index (χ2v) is 4.83. The highest BCUT2D eigenvalue weighted by Crippen LogP contribution is 2.29. The van der Waals surface area contributed by atoms with Crippen LogP contribution in [0.2, 0.25) is 0 Å². The van der Waals surface area contributed by atoms with Crippen LogP contribution in [0.3, 0.4) is 0 Å². The summed E-state index contributed by atoms with van der Waals surface area (Å²) in [4.78, 5) is 10.4. The average Bonchev–Trinajstić information content (AvgIpc) is 2.29. The standard InChI is InChI=1S/C11H9N3OS/c1-16(15)10-7-9-4-2-3-8-5-6-12-11(13-10)14(8)9/h2-7H,1H3. The lowest BCUT2D eigenvalue weighted by Crippen LogP contribution is -2.33. The summed E-state index contributed by atoms with van der Waals surface area (Å²) in [5.74, 6) is 0.584. The molecule has 0 aromatic heterocycles. The Balaban J connectivity index is 2.14. The molecule has 3 rings (SSSR count). The van der Waals surface area contributed by atoms with Crippen molar-refractivity contribution in [3.05, 3.63) is 46.8 Å². The van der Waals surface area contributed by atoms with Gasteiger partial charge in [0.1, 0.15) is 6.26 Å². The summed E-state index contributed by atoms with van der Waals surface area (Å²) < 4.78 is 11.4. The Bertz CT molecular complexity index is 521. The molecule has 1 atom stereocenters. The number of hydrogen-bond acceptors (Lipinski definition) is 4. The SMILES string of the molecule is C[S+]([O-])C1=CC2=CC=CC3=CC=NC(=N1)N32. The quantitative estimate of drug-likeness (QED) is 0.639. The fourth-order valence-electron chi connectivity index (χ4n) is 1.74. The minimum Gasteiger partial charge on any atom is -0.610 e. The van der Waals surface area contributed by atoms with Gasteiger partial charge in [-0.25, -0.2) is 4.99 Å². The zero-order chi connectivity index (χ0) is 11.1. The first-order valence-electron chi connectivity index (χ1n) is 4.82. The molecule has 0 bridgehead atoms. The average molecular weight is 231 g/mol. The molecule has 0 spiro atoms. The highest BCUT2D eigenvalue weighted by Gasteiger charge is 2.28. The number of hydrogen-bond donors (Lipinski definition) is 0. The van der Waals surface area contributed by atoms with Gasteiger partial charge >= 0.3 is 0 Å². The molecule has 0 aromatic carbocycles. The highest BCUT2D eigenvalue weighted by molar-refractivity contribution is 7.94. The third-order valence-corrected chi connectivity index (χ3v) is 3.26. The maximum atomic E-state index is 11.4. The van der Waals surface area contributed by atoms with E-state index >= 15 is 0 Å². The molecular weight excluding hydrogens is 222 g/mol. The molecule has 4 nitrogen and oxygen atoms in total. The van der Waals surface area contributed by atoms with E-state index in [9.17, 15) is 4.55 Å². The molecule has 0 saturated carbocycles. The van der Waals surface area contributed by atoms with E-state index in [-0.39, 0.29) is 0 Å². The Morgan fingerprint density at radius 1 is 1.31 bits per heavy atom. The van der Waals surface area contributed by atoms with Gasteiger partial charge in [0.05, 0.1) is 11.4 Å². The van der Waals surface area contributed by atoms with Gasteiger partial charge in [-0.1, -0.05) is 6.08 Å². The van der Waals surface area contributed by atoms with Crippen molar-refractivity contribution in [2.24, 2.45) is 9.98 Å². The largest absolute Gasteiger partial charge is 0.610 e. The second-order valence-electron chi connectivity index (χ2n) is 3.50. The van der Waals surface area contributed by atoms with Gasteiger partial charge in [-0.3, -0.25) is 4.90 Å². The molecule has 16 heavy (non-hydrogen) atoms. The van der Waals surface area contributed by atoms with Gasteiger partial charge in [0.2, 0.25) is 11.0 Å². The van der Waals surface area contributed by atoms with E-state index < -0.39 is 11.2 Å². The third kappa shape index (κ3) is 1.36. The molecule has 0 N–H and O–H groups in total. The normalized spacial score (nSPS) is 23.0. The zero-order valence-corrected chi connectivity index (χ0v) is 9.44. The predicted octanol–water partition coefficient (Wildman–Crippen LogP) is 1.30. The van der Waals surface area contributed by atoms with Crippen molar-refractivity contribution in [2.75, 3.05) is 6.26 Å². The zero-order valence-electron chi connectivity index (χ0n) is 8.62. The summed E-state index contributed by atoms with van der Waals surface area (Å²) in [7, 11) is 0. The van der Waals surface area contributed by atoms with E-state index in [0.29, 0.717) is 11.0 Å². The number of nitrogens with zero attached hydrogens (tertiary/aromatic N) is 3. The Hall–Kier alpha value is -1.59. The number of guanidine groups is 1. The summed E-state index contributed by atoms with van der Waals surface area (Å²) in [5.41, 5.74) is 1.99. The van der Waals surface area contributed by atoms with Crippen molar-refractivity contribution in [1.82, 2.24) is 4.90 Å². The van der Waals surface area contributed by atoms with E-state index in [1.54, 1.807) is 12.5 Å². The van der Waals surface area contributed by atoms with Crippen LogP contribution in [0, 0.1) is 0 Å². The van der Waals surface area contributed by atoms with E-state index in [1.165, 1.54) is 0 Å². The van der Waals surface area contributed by atoms with Crippen LogP contribution in [0.15, 0.2) is 56.8 Å². The molecule has 0 aromatic rings. The molecule has 0 radical (unpaired) electrons. The van der Waals surface area contributed by atoms with Gasteiger partial charge in [0, 0.05) is 23.5 Å². The van der Waals surface area contributed by atoms with E-state index in [2.05, 4.69) is 9.98 Å². The maximum Gasteiger partial charge on any atom is 0.249 e. The fourth-order valence-corrected chi connectivity index (χ4v) is 2.24. The van der Waals surface area contributed by atoms with Crippen LogP contribution in [0.5, 0.6) is 0 Å². The summed E-state index contributed by atoms with van der Waals surface area (Å²) in [6.07, 6.45) is 13.0. The Kier molecular flexibility index (Phi) is 2.08. The second kappa shape index (κ2) is 3.47. The van der Waals surface area contributed by atoms with Crippen molar-refractivity contribution >= 4 is 23.4 Å². The van der Waals surface area contributed by atoms with E-state index in [1.807, 2.05) is 35.3 Å². The van der Waals surface area contributed by atoms with Crippen LogP contribution in [-0.4, -0.2) is 27.9 Å². The van der Waals surface area contributed by atoms with Crippen molar-refractivity contribution in [3.63, 3.8) is 0 Å². The molecular formula is C11H9N3OS. The van der Waals surface area contributed by atoms with Crippen LogP contribution in [0.1, 0.15) is 0 Å². The molecule has 5 heteroatoms. The molecule has 3 heterocycles. The van der Waals surface area contributed by atoms with Gasteiger partial charge in [0.15, 0.2) is 0 Å². The first-order chi connectivity index (χ1) is 7.75. The van der Waals surface area contributed by atoms with Gasteiger partial charge in [-0.15, -0.1) is 0 Å². The predicted molar refractivity (Wildman–Crippen MR) is 65.2 cm³/mol.